The molecule has 26 heavy (non-hydrogen) atoms. The molecule has 1 heterocycles. The molecule has 1 amide bonds. The zero-order valence-corrected chi connectivity index (χ0v) is 16.5. The highest BCUT2D eigenvalue weighted by Gasteiger charge is 2.27. The number of carbonyl (C=O) groups excluding carboxylic acids is 2. The Morgan fingerprint density at radius 2 is 1.77 bits per heavy atom. The van der Waals surface area contributed by atoms with Crippen molar-refractivity contribution in [2.45, 2.75) is 27.7 Å². The van der Waals surface area contributed by atoms with Crippen molar-refractivity contribution < 1.29 is 9.59 Å². The van der Waals surface area contributed by atoms with E-state index in [4.69, 9.17) is 0 Å². The molecule has 2 rings (SSSR count). The molecule has 6 heteroatoms. The fourth-order valence-corrected chi connectivity index (χ4v) is 3.22. The number of Topliss-reactive ketones (excluding diaryl/α,β-unsaturated/α-hetero) is 1. The van der Waals surface area contributed by atoms with Crippen LogP contribution in [-0.4, -0.2) is 53.6 Å². The predicted octanol–water partition coefficient (Wildman–Crippen LogP) is 2.38. The first kappa shape index (κ1) is 19.8. The fraction of sp³-hybridized carbons (Fsp3) is 0.450. The van der Waals surface area contributed by atoms with Crippen molar-refractivity contribution in [1.82, 2.24) is 20.0 Å². The van der Waals surface area contributed by atoms with E-state index >= 15 is 0 Å². The molecule has 1 N–H and O–H groups in total. The molecule has 0 aliphatic carbocycles. The highest BCUT2D eigenvalue weighted by molar-refractivity contribution is 6.43. The van der Waals surface area contributed by atoms with Crippen LogP contribution in [0.15, 0.2) is 30.3 Å². The van der Waals surface area contributed by atoms with Crippen molar-refractivity contribution in [2.24, 2.45) is 5.41 Å². The summed E-state index contributed by atoms with van der Waals surface area (Å²) in [6, 6.07) is 9.57. The Morgan fingerprint density at radius 3 is 2.35 bits per heavy atom. The lowest BCUT2D eigenvalue weighted by Gasteiger charge is -2.28. The molecule has 6 nitrogen and oxygen atoms in total. The zero-order chi connectivity index (χ0) is 19.5. The van der Waals surface area contributed by atoms with Gasteiger partial charge in [0.15, 0.2) is 0 Å². The normalized spacial score (nSPS) is 11.7. The minimum atomic E-state index is -0.587. The van der Waals surface area contributed by atoms with Gasteiger partial charge < -0.3 is 10.2 Å². The van der Waals surface area contributed by atoms with E-state index in [2.05, 4.69) is 29.2 Å². The Kier molecular flexibility index (Phi) is 5.97. The van der Waals surface area contributed by atoms with E-state index in [-0.39, 0.29) is 5.41 Å². The summed E-state index contributed by atoms with van der Waals surface area (Å²) in [5, 5.41) is 7.22. The third kappa shape index (κ3) is 4.58. The summed E-state index contributed by atoms with van der Waals surface area (Å²) in [6.45, 7) is 8.92. The van der Waals surface area contributed by atoms with Gasteiger partial charge in [-0.3, -0.25) is 9.59 Å². The van der Waals surface area contributed by atoms with Crippen LogP contribution < -0.4 is 5.32 Å². The molecule has 0 bridgehead atoms. The number of amides is 1. The number of rotatable bonds is 7. The number of carbonyl (C=O) groups is 2. The number of aryl methyl sites for hydroxylation is 1. The molecule has 0 saturated carbocycles. The van der Waals surface area contributed by atoms with E-state index in [1.54, 1.807) is 11.6 Å². The number of hydrogen-bond donors (Lipinski definition) is 1. The van der Waals surface area contributed by atoms with Crippen LogP contribution >= 0.6 is 0 Å². The van der Waals surface area contributed by atoms with Crippen molar-refractivity contribution in [2.75, 3.05) is 27.2 Å². The van der Waals surface area contributed by atoms with Gasteiger partial charge in [0.1, 0.15) is 0 Å². The number of benzene rings is 1. The van der Waals surface area contributed by atoms with Gasteiger partial charge in [-0.25, -0.2) is 4.68 Å². The molecule has 140 valence electrons. The lowest BCUT2D eigenvalue weighted by Crippen LogP contribution is -2.42. The van der Waals surface area contributed by atoms with Gasteiger partial charge in [0.25, 0.3) is 11.7 Å². The number of ketones is 1. The molecule has 0 fully saturated rings. The van der Waals surface area contributed by atoms with Crippen LogP contribution in [0, 0.1) is 19.3 Å². The standard InChI is InChI=1S/C20H28N4O2/c1-14-17(15(2)24(22-14)16-10-8-7-9-11-16)18(25)19(26)21-12-20(3,4)13-23(5)6/h7-11H,12-13H2,1-6H3,(H,21,26). The number of para-hydroxylation sites is 1. The van der Waals surface area contributed by atoms with Crippen LogP contribution in [0.4, 0.5) is 0 Å². The molecule has 1 aromatic heterocycles. The maximum Gasteiger partial charge on any atom is 0.292 e. The van der Waals surface area contributed by atoms with E-state index < -0.39 is 11.7 Å². The fourth-order valence-electron chi connectivity index (χ4n) is 3.22. The molecule has 0 atom stereocenters. The third-order valence-corrected chi connectivity index (χ3v) is 4.20. The van der Waals surface area contributed by atoms with Crippen LogP contribution in [0.25, 0.3) is 5.69 Å². The van der Waals surface area contributed by atoms with Gasteiger partial charge in [0.05, 0.1) is 22.6 Å². The molecule has 0 aliphatic heterocycles. The van der Waals surface area contributed by atoms with E-state index in [9.17, 15) is 9.59 Å². The van der Waals surface area contributed by atoms with Crippen LogP contribution in [0.2, 0.25) is 0 Å². The van der Waals surface area contributed by atoms with Gasteiger partial charge in [0.2, 0.25) is 0 Å². The maximum absolute atomic E-state index is 12.7. The van der Waals surface area contributed by atoms with Crippen LogP contribution in [0.1, 0.15) is 35.6 Å². The van der Waals surface area contributed by atoms with Crippen molar-refractivity contribution in [3.8, 4) is 5.69 Å². The predicted molar refractivity (Wildman–Crippen MR) is 103 cm³/mol. The van der Waals surface area contributed by atoms with Crippen molar-refractivity contribution in [3.05, 3.63) is 47.3 Å². The van der Waals surface area contributed by atoms with E-state index in [0.717, 1.165) is 12.2 Å². The second-order valence-electron chi connectivity index (χ2n) is 7.71. The van der Waals surface area contributed by atoms with Gasteiger partial charge in [0, 0.05) is 13.1 Å². The number of nitrogens with zero attached hydrogens (tertiary/aromatic N) is 3. The molecule has 2 aromatic rings. The largest absolute Gasteiger partial charge is 0.349 e. The topological polar surface area (TPSA) is 67.2 Å². The highest BCUT2D eigenvalue weighted by atomic mass is 16.2. The summed E-state index contributed by atoms with van der Waals surface area (Å²) in [7, 11) is 3.97. The Labute approximate surface area is 155 Å². The number of aromatic nitrogens is 2. The summed E-state index contributed by atoms with van der Waals surface area (Å²) in [4.78, 5) is 27.2. The summed E-state index contributed by atoms with van der Waals surface area (Å²) in [5.74, 6) is -1.13. The smallest absolute Gasteiger partial charge is 0.292 e. The monoisotopic (exact) mass is 356 g/mol. The first-order valence-corrected chi connectivity index (χ1v) is 8.71. The second-order valence-corrected chi connectivity index (χ2v) is 7.71. The molecule has 0 radical (unpaired) electrons. The average Bonchev–Trinajstić information content (AvgIpc) is 2.86. The Bertz CT molecular complexity index is 792. The molecule has 0 unspecified atom stereocenters. The number of nitrogens with one attached hydrogen (secondary N) is 1. The van der Waals surface area contributed by atoms with Crippen LogP contribution in [-0.2, 0) is 4.79 Å². The summed E-state index contributed by atoms with van der Waals surface area (Å²) < 4.78 is 1.70. The van der Waals surface area contributed by atoms with Crippen LogP contribution in [0.3, 0.4) is 0 Å². The van der Waals surface area contributed by atoms with Gasteiger partial charge in [-0.1, -0.05) is 32.0 Å². The van der Waals surface area contributed by atoms with Gasteiger partial charge in [-0.2, -0.15) is 5.10 Å². The molecule has 0 aliphatic rings. The third-order valence-electron chi connectivity index (χ3n) is 4.20. The molecule has 0 saturated heterocycles. The lowest BCUT2D eigenvalue weighted by molar-refractivity contribution is -0.117. The maximum atomic E-state index is 12.7. The van der Waals surface area contributed by atoms with Gasteiger partial charge >= 0.3 is 0 Å². The Hall–Kier alpha value is -2.47. The summed E-state index contributed by atoms with van der Waals surface area (Å²) in [5.41, 5.74) is 2.33. The van der Waals surface area contributed by atoms with Crippen molar-refractivity contribution in [1.29, 1.82) is 0 Å². The summed E-state index contributed by atoms with van der Waals surface area (Å²) >= 11 is 0. The lowest BCUT2D eigenvalue weighted by atomic mass is 9.93. The Morgan fingerprint density at radius 1 is 1.15 bits per heavy atom. The summed E-state index contributed by atoms with van der Waals surface area (Å²) in [6.07, 6.45) is 0. The van der Waals surface area contributed by atoms with Crippen molar-refractivity contribution >= 4 is 11.7 Å². The molecule has 1 aromatic carbocycles. The molecule has 0 spiro atoms. The van der Waals surface area contributed by atoms with E-state index in [0.29, 0.717) is 23.5 Å². The minimum absolute atomic E-state index is 0.127. The van der Waals surface area contributed by atoms with Crippen molar-refractivity contribution in [3.63, 3.8) is 0 Å². The SMILES string of the molecule is Cc1nn(-c2ccccc2)c(C)c1C(=O)C(=O)NCC(C)(C)CN(C)C. The average molecular weight is 356 g/mol. The highest BCUT2D eigenvalue weighted by Crippen LogP contribution is 2.19. The molecular weight excluding hydrogens is 328 g/mol. The van der Waals surface area contributed by atoms with Crippen LogP contribution in [0.5, 0.6) is 0 Å². The number of hydrogen-bond acceptors (Lipinski definition) is 4. The van der Waals surface area contributed by atoms with E-state index in [1.807, 2.05) is 51.4 Å². The first-order valence-electron chi connectivity index (χ1n) is 8.71. The first-order chi connectivity index (χ1) is 12.1. The second kappa shape index (κ2) is 7.83. The quantitative estimate of drug-likeness (QED) is 0.611. The van der Waals surface area contributed by atoms with Gasteiger partial charge in [-0.05, 0) is 45.5 Å². The Balaban J connectivity index is 2.17. The molecular formula is C20H28N4O2. The zero-order valence-electron chi connectivity index (χ0n) is 16.5. The van der Waals surface area contributed by atoms with Gasteiger partial charge in [-0.15, -0.1) is 0 Å². The minimum Gasteiger partial charge on any atom is -0.349 e. The van der Waals surface area contributed by atoms with E-state index in [1.165, 1.54) is 0 Å².